The predicted octanol–water partition coefficient (Wildman–Crippen LogP) is 4.05. The summed E-state index contributed by atoms with van der Waals surface area (Å²) in [6.07, 6.45) is 5.62. The third-order valence-corrected chi connectivity index (χ3v) is 5.56. The van der Waals surface area contributed by atoms with Crippen LogP contribution >= 0.6 is 0 Å². The quantitative estimate of drug-likeness (QED) is 0.563. The highest BCUT2D eigenvalue weighted by molar-refractivity contribution is 7.85. The van der Waals surface area contributed by atoms with E-state index in [4.69, 9.17) is 4.74 Å². The van der Waals surface area contributed by atoms with Gasteiger partial charge in [-0.05, 0) is 44.7 Å². The molecule has 136 valence electrons. The Labute approximate surface area is 145 Å². The normalized spacial score (nSPS) is 17.7. The van der Waals surface area contributed by atoms with E-state index in [2.05, 4.69) is 25.7 Å². The molecular formula is C18H29NO4S. The second-order valence-electron chi connectivity index (χ2n) is 6.50. The first-order chi connectivity index (χ1) is 11.4. The molecule has 0 saturated heterocycles. The Morgan fingerprint density at radius 3 is 2.58 bits per heavy atom. The van der Waals surface area contributed by atoms with Crippen LogP contribution in [0.1, 0.15) is 58.4 Å². The Morgan fingerprint density at radius 1 is 1.25 bits per heavy atom. The monoisotopic (exact) mass is 355 g/mol. The van der Waals surface area contributed by atoms with Crippen LogP contribution in [0.5, 0.6) is 5.75 Å². The third-order valence-electron chi connectivity index (χ3n) is 4.62. The molecule has 1 aliphatic rings. The maximum Gasteiger partial charge on any atom is 0.294 e. The van der Waals surface area contributed by atoms with Crippen molar-refractivity contribution in [3.05, 3.63) is 17.7 Å². The lowest BCUT2D eigenvalue weighted by molar-refractivity contribution is 0.307. The van der Waals surface area contributed by atoms with E-state index < -0.39 is 10.1 Å². The maximum absolute atomic E-state index is 11.8. The van der Waals surface area contributed by atoms with Gasteiger partial charge in [0, 0.05) is 18.2 Å². The number of benzene rings is 1. The van der Waals surface area contributed by atoms with E-state index in [0.29, 0.717) is 24.6 Å². The number of fused-ring (bicyclic) bond motifs is 1. The zero-order chi connectivity index (χ0) is 17.7. The Hall–Kier alpha value is -1.27. The number of rotatable bonds is 8. The van der Waals surface area contributed by atoms with Crippen LogP contribution in [0.3, 0.4) is 0 Å². The van der Waals surface area contributed by atoms with Crippen LogP contribution in [-0.2, 0) is 16.5 Å². The molecular weight excluding hydrogens is 326 g/mol. The Bertz CT molecular complexity index is 657. The first-order valence-electron chi connectivity index (χ1n) is 8.92. The highest BCUT2D eigenvalue weighted by Crippen LogP contribution is 2.42. The summed E-state index contributed by atoms with van der Waals surface area (Å²) in [6, 6.07) is 3.49. The summed E-state index contributed by atoms with van der Waals surface area (Å²) >= 11 is 0. The summed E-state index contributed by atoms with van der Waals surface area (Å²) in [5.74, 6) is 0.730. The van der Waals surface area contributed by atoms with Crippen LogP contribution in [0.25, 0.3) is 0 Å². The number of nitrogens with zero attached hydrogens (tertiary/aromatic N) is 1. The molecule has 1 aromatic carbocycles. The van der Waals surface area contributed by atoms with Crippen molar-refractivity contribution in [2.75, 3.05) is 18.1 Å². The molecule has 1 aliphatic heterocycles. The smallest absolute Gasteiger partial charge is 0.294 e. The van der Waals surface area contributed by atoms with Crippen molar-refractivity contribution >= 4 is 15.8 Å². The number of ether oxygens (including phenoxy) is 1. The second-order valence-corrected chi connectivity index (χ2v) is 7.89. The van der Waals surface area contributed by atoms with Crippen LogP contribution in [0, 0.1) is 0 Å². The van der Waals surface area contributed by atoms with Gasteiger partial charge in [-0.1, -0.05) is 26.7 Å². The van der Waals surface area contributed by atoms with Gasteiger partial charge in [0.05, 0.1) is 17.2 Å². The molecule has 5 nitrogen and oxygen atoms in total. The fourth-order valence-electron chi connectivity index (χ4n) is 3.23. The summed E-state index contributed by atoms with van der Waals surface area (Å²) in [7, 11) is -4.23. The average Bonchev–Trinajstić information content (AvgIpc) is 2.53. The molecule has 1 heterocycles. The highest BCUT2D eigenvalue weighted by Gasteiger charge is 2.31. The van der Waals surface area contributed by atoms with Gasteiger partial charge in [0.1, 0.15) is 5.75 Å². The molecule has 0 bridgehead atoms. The minimum Gasteiger partial charge on any atom is -0.491 e. The van der Waals surface area contributed by atoms with Gasteiger partial charge in [0.25, 0.3) is 10.1 Å². The number of anilines is 1. The van der Waals surface area contributed by atoms with Crippen LogP contribution < -0.4 is 9.64 Å². The van der Waals surface area contributed by atoms with Crippen LogP contribution in [0.4, 0.5) is 5.69 Å². The molecule has 1 atom stereocenters. The molecule has 0 aliphatic carbocycles. The van der Waals surface area contributed by atoms with Crippen molar-refractivity contribution in [3.63, 3.8) is 0 Å². The molecule has 0 spiro atoms. The lowest BCUT2D eigenvalue weighted by Gasteiger charge is -2.38. The average molecular weight is 356 g/mol. The van der Waals surface area contributed by atoms with E-state index in [1.54, 1.807) is 6.07 Å². The molecule has 24 heavy (non-hydrogen) atoms. The Kier molecular flexibility index (Phi) is 6.52. The topological polar surface area (TPSA) is 66.8 Å². The van der Waals surface area contributed by atoms with E-state index in [1.807, 2.05) is 0 Å². The zero-order valence-electron chi connectivity index (χ0n) is 14.9. The predicted molar refractivity (Wildman–Crippen MR) is 96.7 cm³/mol. The van der Waals surface area contributed by atoms with Gasteiger partial charge in [0.2, 0.25) is 0 Å². The van der Waals surface area contributed by atoms with Gasteiger partial charge in [0.15, 0.2) is 0 Å². The van der Waals surface area contributed by atoms with E-state index >= 15 is 0 Å². The van der Waals surface area contributed by atoms with E-state index in [1.165, 1.54) is 6.07 Å². The Morgan fingerprint density at radius 2 is 1.96 bits per heavy atom. The number of hydrogen-bond donors (Lipinski definition) is 1. The molecule has 1 N–H and O–H groups in total. The second kappa shape index (κ2) is 8.21. The molecule has 1 unspecified atom stereocenters. The van der Waals surface area contributed by atoms with Crippen molar-refractivity contribution in [2.24, 2.45) is 0 Å². The minimum absolute atomic E-state index is 0.0220. The summed E-state index contributed by atoms with van der Waals surface area (Å²) in [5.41, 5.74) is 1.55. The minimum atomic E-state index is -4.23. The molecule has 2 rings (SSSR count). The lowest BCUT2D eigenvalue weighted by Crippen LogP contribution is -2.39. The van der Waals surface area contributed by atoms with Gasteiger partial charge >= 0.3 is 0 Å². The summed E-state index contributed by atoms with van der Waals surface area (Å²) < 4.78 is 39.1. The van der Waals surface area contributed by atoms with Gasteiger partial charge < -0.3 is 9.64 Å². The molecule has 0 aromatic heterocycles. The Balaban J connectivity index is 2.50. The van der Waals surface area contributed by atoms with Gasteiger partial charge in [-0.15, -0.1) is 0 Å². The largest absolute Gasteiger partial charge is 0.491 e. The van der Waals surface area contributed by atoms with Gasteiger partial charge in [-0.2, -0.15) is 8.42 Å². The van der Waals surface area contributed by atoms with Crippen molar-refractivity contribution in [2.45, 2.75) is 70.2 Å². The lowest BCUT2D eigenvalue weighted by atomic mass is 9.95. The fraction of sp³-hybridized carbons (Fsp3) is 0.667. The van der Waals surface area contributed by atoms with E-state index in [-0.39, 0.29) is 4.90 Å². The van der Waals surface area contributed by atoms with Gasteiger partial charge in [-0.25, -0.2) is 0 Å². The third kappa shape index (κ3) is 4.22. The van der Waals surface area contributed by atoms with Crippen LogP contribution in [-0.4, -0.2) is 32.2 Å². The van der Waals surface area contributed by atoms with Crippen LogP contribution in [0.2, 0.25) is 0 Å². The van der Waals surface area contributed by atoms with E-state index in [0.717, 1.165) is 50.1 Å². The summed E-state index contributed by atoms with van der Waals surface area (Å²) in [4.78, 5) is 2.27. The van der Waals surface area contributed by atoms with Crippen molar-refractivity contribution < 1.29 is 17.7 Å². The molecule has 0 fully saturated rings. The molecule has 1 aromatic rings. The standard InChI is InChI=1S/C18H29NO4S/c1-4-6-12-19-14(3)8-9-15-17(24(20,21)22)11-10-16(18(15)19)23-13-7-5-2/h10-11,14H,4-9,12-13H2,1-3H3,(H,20,21,22). The zero-order valence-corrected chi connectivity index (χ0v) is 15.7. The van der Waals surface area contributed by atoms with E-state index in [9.17, 15) is 13.0 Å². The van der Waals surface area contributed by atoms with Crippen molar-refractivity contribution in [1.82, 2.24) is 0 Å². The summed E-state index contributed by atoms with van der Waals surface area (Å²) in [5, 5.41) is 0. The van der Waals surface area contributed by atoms with Crippen LogP contribution in [0.15, 0.2) is 17.0 Å². The SMILES string of the molecule is CCCCOc1ccc(S(=O)(=O)O)c2c1N(CCCC)C(C)CC2. The molecule has 6 heteroatoms. The summed E-state index contributed by atoms with van der Waals surface area (Å²) in [6.45, 7) is 7.89. The van der Waals surface area contributed by atoms with Gasteiger partial charge in [-0.3, -0.25) is 4.55 Å². The fourth-order valence-corrected chi connectivity index (χ4v) is 3.98. The molecule has 0 saturated carbocycles. The molecule has 0 amide bonds. The maximum atomic E-state index is 11.8. The first kappa shape index (κ1) is 19.1. The highest BCUT2D eigenvalue weighted by atomic mass is 32.2. The van der Waals surface area contributed by atoms with Crippen molar-refractivity contribution in [1.29, 1.82) is 0 Å². The first-order valence-corrected chi connectivity index (χ1v) is 10.4. The number of hydrogen-bond acceptors (Lipinski definition) is 4. The molecule has 0 radical (unpaired) electrons. The number of unbranched alkanes of at least 4 members (excludes halogenated alkanes) is 2. The van der Waals surface area contributed by atoms with Crippen molar-refractivity contribution in [3.8, 4) is 5.75 Å².